The summed E-state index contributed by atoms with van der Waals surface area (Å²) in [6, 6.07) is 6.04. The number of rotatable bonds is 6. The molecule has 3 aromatic heterocycles. The van der Waals surface area contributed by atoms with Crippen molar-refractivity contribution in [1.82, 2.24) is 14.9 Å². The number of aromatic nitrogens is 2. The SMILES string of the molecule is Cn1ccnc1C(NCCc1ccsc1)c1ccco1. The van der Waals surface area contributed by atoms with Gasteiger partial charge in [0.2, 0.25) is 0 Å². The lowest BCUT2D eigenvalue weighted by Gasteiger charge is -2.16. The van der Waals surface area contributed by atoms with Gasteiger partial charge in [0, 0.05) is 26.0 Å². The van der Waals surface area contributed by atoms with Gasteiger partial charge in [-0.3, -0.25) is 0 Å². The van der Waals surface area contributed by atoms with E-state index in [1.54, 1.807) is 17.6 Å². The number of thiophene rings is 1. The molecule has 20 heavy (non-hydrogen) atoms. The third kappa shape index (κ3) is 2.84. The van der Waals surface area contributed by atoms with Crippen LogP contribution in [0, 0.1) is 0 Å². The summed E-state index contributed by atoms with van der Waals surface area (Å²) in [5.74, 6) is 1.86. The molecule has 3 heterocycles. The lowest BCUT2D eigenvalue weighted by Crippen LogP contribution is -2.26. The Kier molecular flexibility index (Phi) is 3.99. The second-order valence-corrected chi connectivity index (χ2v) is 5.46. The molecule has 0 aromatic carbocycles. The van der Waals surface area contributed by atoms with Gasteiger partial charge in [-0.2, -0.15) is 11.3 Å². The zero-order valence-corrected chi connectivity index (χ0v) is 12.1. The molecule has 0 amide bonds. The number of aryl methyl sites for hydroxylation is 1. The Bertz CT molecular complexity index is 628. The summed E-state index contributed by atoms with van der Waals surface area (Å²) in [5.41, 5.74) is 1.36. The molecule has 1 atom stereocenters. The third-order valence-corrected chi connectivity index (χ3v) is 4.02. The van der Waals surface area contributed by atoms with E-state index in [0.29, 0.717) is 0 Å². The van der Waals surface area contributed by atoms with Gasteiger partial charge in [-0.25, -0.2) is 4.98 Å². The normalized spacial score (nSPS) is 12.7. The van der Waals surface area contributed by atoms with Gasteiger partial charge < -0.3 is 14.3 Å². The second kappa shape index (κ2) is 6.07. The monoisotopic (exact) mass is 287 g/mol. The molecule has 0 radical (unpaired) electrons. The summed E-state index contributed by atoms with van der Waals surface area (Å²) in [5, 5.41) is 7.83. The van der Waals surface area contributed by atoms with E-state index in [2.05, 4.69) is 27.1 Å². The van der Waals surface area contributed by atoms with Gasteiger partial charge in [0.25, 0.3) is 0 Å². The van der Waals surface area contributed by atoms with E-state index in [1.165, 1.54) is 5.56 Å². The molecule has 0 aliphatic carbocycles. The van der Waals surface area contributed by atoms with Crippen LogP contribution in [0.5, 0.6) is 0 Å². The highest BCUT2D eigenvalue weighted by Crippen LogP contribution is 2.20. The first-order valence-corrected chi connectivity index (χ1v) is 7.54. The van der Waals surface area contributed by atoms with Crippen LogP contribution in [0.2, 0.25) is 0 Å². The molecule has 0 saturated heterocycles. The fraction of sp³-hybridized carbons (Fsp3) is 0.267. The predicted molar refractivity (Wildman–Crippen MR) is 79.8 cm³/mol. The van der Waals surface area contributed by atoms with E-state index in [0.717, 1.165) is 24.6 Å². The zero-order valence-electron chi connectivity index (χ0n) is 11.3. The fourth-order valence-corrected chi connectivity index (χ4v) is 2.93. The van der Waals surface area contributed by atoms with Gasteiger partial charge in [0.15, 0.2) is 0 Å². The molecule has 3 aromatic rings. The van der Waals surface area contributed by atoms with Crippen molar-refractivity contribution in [3.05, 3.63) is 64.8 Å². The minimum atomic E-state index is -0.0105. The Labute approximate surface area is 122 Å². The summed E-state index contributed by atoms with van der Waals surface area (Å²) in [4.78, 5) is 4.43. The summed E-state index contributed by atoms with van der Waals surface area (Å²) in [7, 11) is 2.00. The van der Waals surface area contributed by atoms with E-state index < -0.39 is 0 Å². The number of nitrogens with one attached hydrogen (secondary N) is 1. The first kappa shape index (κ1) is 13.1. The summed E-state index contributed by atoms with van der Waals surface area (Å²) < 4.78 is 7.57. The Morgan fingerprint density at radius 3 is 3.05 bits per heavy atom. The highest BCUT2D eigenvalue weighted by Gasteiger charge is 2.20. The molecule has 3 rings (SSSR count). The van der Waals surface area contributed by atoms with Crippen LogP contribution in [-0.2, 0) is 13.5 Å². The zero-order chi connectivity index (χ0) is 13.8. The lowest BCUT2D eigenvalue weighted by atomic mass is 10.2. The van der Waals surface area contributed by atoms with Crippen LogP contribution in [0.15, 0.2) is 52.0 Å². The van der Waals surface area contributed by atoms with Gasteiger partial charge in [-0.1, -0.05) is 0 Å². The van der Waals surface area contributed by atoms with Crippen molar-refractivity contribution in [2.24, 2.45) is 7.05 Å². The highest BCUT2D eigenvalue weighted by atomic mass is 32.1. The second-order valence-electron chi connectivity index (χ2n) is 4.68. The number of hydrogen-bond acceptors (Lipinski definition) is 4. The summed E-state index contributed by atoms with van der Waals surface area (Å²) in [6.07, 6.45) is 6.47. The quantitative estimate of drug-likeness (QED) is 0.758. The number of furan rings is 1. The minimum Gasteiger partial charge on any atom is -0.467 e. The van der Waals surface area contributed by atoms with Crippen molar-refractivity contribution in [2.45, 2.75) is 12.5 Å². The molecule has 0 aliphatic heterocycles. The van der Waals surface area contributed by atoms with Gasteiger partial charge >= 0.3 is 0 Å². The first-order chi connectivity index (χ1) is 9.84. The average Bonchev–Trinajstić information content (AvgIpc) is 3.18. The van der Waals surface area contributed by atoms with Crippen molar-refractivity contribution in [3.63, 3.8) is 0 Å². The number of nitrogens with zero attached hydrogens (tertiary/aromatic N) is 2. The van der Waals surface area contributed by atoms with Crippen molar-refractivity contribution in [2.75, 3.05) is 6.54 Å². The third-order valence-electron chi connectivity index (χ3n) is 3.29. The molecule has 4 nitrogen and oxygen atoms in total. The molecule has 0 spiro atoms. The Hall–Kier alpha value is -1.85. The van der Waals surface area contributed by atoms with Crippen LogP contribution >= 0.6 is 11.3 Å². The summed E-state index contributed by atoms with van der Waals surface area (Å²) in [6.45, 7) is 0.884. The van der Waals surface area contributed by atoms with Crippen LogP contribution in [0.1, 0.15) is 23.2 Å². The van der Waals surface area contributed by atoms with Gasteiger partial charge in [0.05, 0.1) is 6.26 Å². The number of hydrogen-bond donors (Lipinski definition) is 1. The molecule has 5 heteroatoms. The predicted octanol–water partition coefficient (Wildman–Crippen LogP) is 3.00. The molecule has 1 unspecified atom stereocenters. The smallest absolute Gasteiger partial charge is 0.133 e. The Morgan fingerprint density at radius 2 is 2.40 bits per heavy atom. The standard InChI is InChI=1S/C15H17N3OS/c1-18-8-7-17-15(18)14(13-3-2-9-19-13)16-6-4-12-5-10-20-11-12/h2-3,5,7-11,14,16H,4,6H2,1H3. The topological polar surface area (TPSA) is 43.0 Å². The van der Waals surface area contributed by atoms with Crippen LogP contribution < -0.4 is 5.32 Å². The first-order valence-electron chi connectivity index (χ1n) is 6.59. The lowest BCUT2D eigenvalue weighted by molar-refractivity contribution is 0.431. The maximum Gasteiger partial charge on any atom is 0.133 e. The highest BCUT2D eigenvalue weighted by molar-refractivity contribution is 7.07. The van der Waals surface area contributed by atoms with Crippen LogP contribution in [0.3, 0.4) is 0 Å². The molecule has 0 fully saturated rings. The Morgan fingerprint density at radius 1 is 1.45 bits per heavy atom. The molecule has 0 aliphatic rings. The van der Waals surface area contributed by atoms with Crippen molar-refractivity contribution in [3.8, 4) is 0 Å². The van der Waals surface area contributed by atoms with E-state index in [-0.39, 0.29) is 6.04 Å². The number of imidazole rings is 1. The van der Waals surface area contributed by atoms with E-state index in [4.69, 9.17) is 4.42 Å². The molecule has 104 valence electrons. The fourth-order valence-electron chi connectivity index (χ4n) is 2.23. The summed E-state index contributed by atoms with van der Waals surface area (Å²) >= 11 is 1.73. The van der Waals surface area contributed by atoms with Crippen molar-refractivity contribution in [1.29, 1.82) is 0 Å². The molecule has 0 bridgehead atoms. The van der Waals surface area contributed by atoms with Gasteiger partial charge in [0.1, 0.15) is 17.6 Å². The van der Waals surface area contributed by atoms with E-state index in [9.17, 15) is 0 Å². The van der Waals surface area contributed by atoms with Gasteiger partial charge in [-0.05, 0) is 40.9 Å². The van der Waals surface area contributed by atoms with Crippen LogP contribution in [-0.4, -0.2) is 16.1 Å². The van der Waals surface area contributed by atoms with Crippen molar-refractivity contribution < 1.29 is 4.42 Å². The maximum atomic E-state index is 5.55. The molecule has 0 saturated carbocycles. The van der Waals surface area contributed by atoms with E-state index >= 15 is 0 Å². The minimum absolute atomic E-state index is 0.0105. The van der Waals surface area contributed by atoms with Gasteiger partial charge in [-0.15, -0.1) is 0 Å². The largest absolute Gasteiger partial charge is 0.467 e. The average molecular weight is 287 g/mol. The maximum absolute atomic E-state index is 5.55. The van der Waals surface area contributed by atoms with Crippen molar-refractivity contribution >= 4 is 11.3 Å². The molecular formula is C15H17N3OS. The van der Waals surface area contributed by atoms with Crippen LogP contribution in [0.25, 0.3) is 0 Å². The Balaban J connectivity index is 1.72. The van der Waals surface area contributed by atoms with E-state index in [1.807, 2.05) is 36.1 Å². The molecular weight excluding hydrogens is 270 g/mol. The van der Waals surface area contributed by atoms with Crippen LogP contribution in [0.4, 0.5) is 0 Å². The molecule has 1 N–H and O–H groups in total.